The maximum Gasteiger partial charge on any atom is 0.121 e. The number of anilines is 2. The Balaban J connectivity index is 1.12. The maximum absolute atomic E-state index is 6.11. The monoisotopic (exact) mass is 452 g/mol. The van der Waals surface area contributed by atoms with Gasteiger partial charge in [0.25, 0.3) is 0 Å². The van der Waals surface area contributed by atoms with Crippen LogP contribution in [0.4, 0.5) is 11.4 Å². The second-order valence-electron chi connectivity index (χ2n) is 8.93. The first-order valence-electron chi connectivity index (χ1n) is 12.1. The zero-order valence-corrected chi connectivity index (χ0v) is 19.8. The fraction of sp³-hybridized carbons (Fsp3) is 0.276. The number of nitrogens with zero attached hydrogens (tertiary/aromatic N) is 3. The summed E-state index contributed by atoms with van der Waals surface area (Å²) in [5, 5.41) is 4.67. The molecule has 34 heavy (non-hydrogen) atoms. The van der Waals surface area contributed by atoms with Crippen LogP contribution in [0.1, 0.15) is 11.3 Å². The number of hydrogen-bond acceptors (Lipinski definition) is 5. The Morgan fingerprint density at radius 2 is 1.59 bits per heavy atom. The van der Waals surface area contributed by atoms with Crippen molar-refractivity contribution in [2.45, 2.75) is 13.5 Å². The van der Waals surface area contributed by atoms with E-state index in [0.29, 0.717) is 6.61 Å². The molecule has 1 saturated heterocycles. The highest BCUT2D eigenvalue weighted by atomic mass is 16.5. The molecular weight excluding hydrogens is 420 g/mol. The smallest absolute Gasteiger partial charge is 0.121 e. The molecule has 5 heteroatoms. The van der Waals surface area contributed by atoms with E-state index in [9.17, 15) is 0 Å². The highest BCUT2D eigenvalue weighted by molar-refractivity contribution is 5.93. The van der Waals surface area contributed by atoms with Gasteiger partial charge in [0.1, 0.15) is 12.4 Å². The summed E-state index contributed by atoms with van der Waals surface area (Å²) >= 11 is 0. The minimum atomic E-state index is 0.694. The predicted octanol–water partition coefficient (Wildman–Crippen LogP) is 5.48. The maximum atomic E-state index is 6.11. The van der Waals surface area contributed by atoms with E-state index in [1.54, 1.807) is 0 Å². The van der Waals surface area contributed by atoms with Gasteiger partial charge in [0, 0.05) is 67.8 Å². The highest BCUT2D eigenvalue weighted by Gasteiger charge is 2.16. The van der Waals surface area contributed by atoms with Gasteiger partial charge < -0.3 is 10.1 Å². The van der Waals surface area contributed by atoms with Crippen LogP contribution in [0.15, 0.2) is 84.9 Å². The SMILES string of the molecule is Cc1cc(Nc2cccc(OCCN3CCN(Cc4ccccc4)CC3)c2)c2ccccc2n1. The number of aryl methyl sites for hydroxylation is 1. The van der Waals surface area contributed by atoms with Crippen LogP contribution >= 0.6 is 0 Å². The van der Waals surface area contributed by atoms with E-state index >= 15 is 0 Å². The third kappa shape index (κ3) is 5.74. The molecule has 0 bridgehead atoms. The Hall–Kier alpha value is -3.41. The first kappa shape index (κ1) is 22.4. The van der Waals surface area contributed by atoms with Crippen molar-refractivity contribution in [3.63, 3.8) is 0 Å². The first-order chi connectivity index (χ1) is 16.7. The van der Waals surface area contributed by atoms with E-state index in [-0.39, 0.29) is 0 Å². The summed E-state index contributed by atoms with van der Waals surface area (Å²) in [6.45, 7) is 9.10. The van der Waals surface area contributed by atoms with Crippen LogP contribution in [0.2, 0.25) is 0 Å². The molecule has 1 aliphatic rings. The molecular formula is C29H32N4O. The summed E-state index contributed by atoms with van der Waals surface area (Å²) < 4.78 is 6.11. The molecule has 1 aliphatic heterocycles. The summed E-state index contributed by atoms with van der Waals surface area (Å²) in [4.78, 5) is 9.66. The zero-order chi connectivity index (χ0) is 23.2. The Bertz CT molecular complexity index is 1220. The number of aromatic nitrogens is 1. The quantitative estimate of drug-likeness (QED) is 0.383. The average molecular weight is 453 g/mol. The van der Waals surface area contributed by atoms with Crippen molar-refractivity contribution < 1.29 is 4.74 Å². The van der Waals surface area contributed by atoms with Gasteiger partial charge in [-0.15, -0.1) is 0 Å². The number of ether oxygens (including phenoxy) is 1. The van der Waals surface area contributed by atoms with E-state index in [2.05, 4.69) is 80.8 Å². The third-order valence-corrected chi connectivity index (χ3v) is 6.35. The Labute approximate surface area is 202 Å². The topological polar surface area (TPSA) is 40.6 Å². The number of hydrogen-bond donors (Lipinski definition) is 1. The molecule has 2 heterocycles. The molecule has 3 aromatic carbocycles. The zero-order valence-electron chi connectivity index (χ0n) is 19.8. The normalized spacial score (nSPS) is 14.9. The molecule has 4 aromatic rings. The van der Waals surface area contributed by atoms with Crippen LogP contribution < -0.4 is 10.1 Å². The van der Waals surface area contributed by atoms with Gasteiger partial charge in [-0.05, 0) is 36.8 Å². The van der Waals surface area contributed by atoms with Gasteiger partial charge in [0.2, 0.25) is 0 Å². The molecule has 0 radical (unpaired) electrons. The van der Waals surface area contributed by atoms with Gasteiger partial charge in [0.15, 0.2) is 0 Å². The molecule has 0 spiro atoms. The number of rotatable bonds is 8. The molecule has 0 unspecified atom stereocenters. The minimum Gasteiger partial charge on any atom is -0.492 e. The lowest BCUT2D eigenvalue weighted by Crippen LogP contribution is -2.47. The first-order valence-corrected chi connectivity index (χ1v) is 12.1. The number of piperazine rings is 1. The Kier molecular flexibility index (Phi) is 7.03. The second kappa shape index (κ2) is 10.7. The number of nitrogens with one attached hydrogen (secondary N) is 1. The van der Waals surface area contributed by atoms with Crippen LogP contribution in [0.25, 0.3) is 10.9 Å². The van der Waals surface area contributed by atoms with Crippen molar-refractivity contribution in [1.29, 1.82) is 0 Å². The van der Waals surface area contributed by atoms with E-state index in [1.165, 1.54) is 5.56 Å². The van der Waals surface area contributed by atoms with Gasteiger partial charge in [-0.2, -0.15) is 0 Å². The molecule has 5 rings (SSSR count). The standard InChI is InChI=1S/C29H32N4O/c1-23-20-29(27-12-5-6-13-28(27)30-23)31-25-10-7-11-26(21-25)34-19-18-32-14-16-33(17-15-32)22-24-8-3-2-4-9-24/h2-13,20-21H,14-19,22H2,1H3,(H,30,31). The molecule has 0 aliphatic carbocycles. The summed E-state index contributed by atoms with van der Waals surface area (Å²) in [7, 11) is 0. The fourth-order valence-corrected chi connectivity index (χ4v) is 4.54. The number of pyridine rings is 1. The predicted molar refractivity (Wildman–Crippen MR) is 140 cm³/mol. The lowest BCUT2D eigenvalue weighted by molar-refractivity contribution is 0.112. The Morgan fingerprint density at radius 3 is 2.44 bits per heavy atom. The van der Waals surface area contributed by atoms with E-state index in [1.807, 2.05) is 31.2 Å². The van der Waals surface area contributed by atoms with Crippen LogP contribution in [0.3, 0.4) is 0 Å². The van der Waals surface area contributed by atoms with Gasteiger partial charge in [0.05, 0.1) is 5.52 Å². The summed E-state index contributed by atoms with van der Waals surface area (Å²) in [6, 6.07) is 29.3. The van der Waals surface area contributed by atoms with Gasteiger partial charge >= 0.3 is 0 Å². The molecule has 1 fully saturated rings. The molecule has 0 amide bonds. The van der Waals surface area contributed by atoms with Crippen molar-refractivity contribution >= 4 is 22.3 Å². The van der Waals surface area contributed by atoms with Crippen molar-refractivity contribution in [1.82, 2.24) is 14.8 Å². The molecule has 1 aromatic heterocycles. The van der Waals surface area contributed by atoms with Gasteiger partial charge in [-0.3, -0.25) is 14.8 Å². The van der Waals surface area contributed by atoms with Crippen LogP contribution in [0, 0.1) is 6.92 Å². The van der Waals surface area contributed by atoms with E-state index in [0.717, 1.165) is 73.0 Å². The third-order valence-electron chi connectivity index (χ3n) is 6.35. The highest BCUT2D eigenvalue weighted by Crippen LogP contribution is 2.28. The van der Waals surface area contributed by atoms with Crippen molar-refractivity contribution in [3.8, 4) is 5.75 Å². The molecule has 5 nitrogen and oxygen atoms in total. The number of para-hydroxylation sites is 1. The molecule has 174 valence electrons. The summed E-state index contributed by atoms with van der Waals surface area (Å²) in [5.74, 6) is 0.891. The van der Waals surface area contributed by atoms with Gasteiger partial charge in [-0.25, -0.2) is 0 Å². The lowest BCUT2D eigenvalue weighted by atomic mass is 10.1. The van der Waals surface area contributed by atoms with Crippen molar-refractivity contribution in [2.75, 3.05) is 44.6 Å². The number of fused-ring (bicyclic) bond motifs is 1. The van der Waals surface area contributed by atoms with Crippen molar-refractivity contribution in [2.24, 2.45) is 0 Å². The minimum absolute atomic E-state index is 0.694. The van der Waals surface area contributed by atoms with Crippen LogP contribution in [-0.2, 0) is 6.54 Å². The van der Waals surface area contributed by atoms with Gasteiger partial charge in [-0.1, -0.05) is 54.6 Å². The average Bonchev–Trinajstić information content (AvgIpc) is 2.86. The fourth-order valence-electron chi connectivity index (χ4n) is 4.54. The van der Waals surface area contributed by atoms with Crippen LogP contribution in [-0.4, -0.2) is 54.1 Å². The number of benzene rings is 3. The molecule has 0 atom stereocenters. The lowest BCUT2D eigenvalue weighted by Gasteiger charge is -2.34. The van der Waals surface area contributed by atoms with E-state index in [4.69, 9.17) is 4.74 Å². The summed E-state index contributed by atoms with van der Waals surface area (Å²) in [6.07, 6.45) is 0. The largest absolute Gasteiger partial charge is 0.492 e. The Morgan fingerprint density at radius 1 is 0.824 bits per heavy atom. The summed E-state index contributed by atoms with van der Waals surface area (Å²) in [5.41, 5.74) is 5.47. The second-order valence-corrected chi connectivity index (χ2v) is 8.93. The van der Waals surface area contributed by atoms with E-state index < -0.39 is 0 Å². The molecule has 0 saturated carbocycles. The molecule has 1 N–H and O–H groups in total. The van der Waals surface area contributed by atoms with Crippen molar-refractivity contribution in [3.05, 3.63) is 96.2 Å². The van der Waals surface area contributed by atoms with Crippen LogP contribution in [0.5, 0.6) is 5.75 Å².